The van der Waals surface area contributed by atoms with E-state index in [0.29, 0.717) is 0 Å². The van der Waals surface area contributed by atoms with Crippen molar-refractivity contribution in [3.8, 4) is 0 Å². The van der Waals surface area contributed by atoms with Gasteiger partial charge in [0.2, 0.25) is 0 Å². The monoisotopic (exact) mass is 249 g/mol. The quantitative estimate of drug-likeness (QED) is 0.762. The molecule has 6 heteroatoms. The molecule has 0 saturated heterocycles. The highest BCUT2D eigenvalue weighted by Crippen LogP contribution is 2.18. The van der Waals surface area contributed by atoms with Crippen molar-refractivity contribution in [3.05, 3.63) is 23.9 Å². The molecule has 0 aliphatic heterocycles. The Hall–Kier alpha value is -2.11. The second-order valence-corrected chi connectivity index (χ2v) is 4.28. The van der Waals surface area contributed by atoms with E-state index in [2.05, 4.69) is 15.6 Å². The summed E-state index contributed by atoms with van der Waals surface area (Å²) in [5.41, 5.74) is -0.0147. The molecule has 96 valence electrons. The number of carbonyl (C=O) groups excluding carboxylic acids is 1. The number of carboxylic acids is 1. The van der Waals surface area contributed by atoms with Gasteiger partial charge in [-0.25, -0.2) is 14.6 Å². The fourth-order valence-corrected chi connectivity index (χ4v) is 2.08. The van der Waals surface area contributed by atoms with E-state index in [1.54, 1.807) is 0 Å². The maximum Gasteiger partial charge on any atom is 0.339 e. The van der Waals surface area contributed by atoms with Gasteiger partial charge in [-0.2, -0.15) is 0 Å². The first-order valence-electron chi connectivity index (χ1n) is 5.92. The number of amides is 2. The smallest absolute Gasteiger partial charge is 0.339 e. The third-order valence-electron chi connectivity index (χ3n) is 2.96. The van der Waals surface area contributed by atoms with E-state index in [4.69, 9.17) is 5.11 Å². The first-order chi connectivity index (χ1) is 8.66. The largest absolute Gasteiger partial charge is 0.478 e. The summed E-state index contributed by atoms with van der Waals surface area (Å²) < 4.78 is 0. The van der Waals surface area contributed by atoms with Gasteiger partial charge in [0, 0.05) is 12.2 Å². The van der Waals surface area contributed by atoms with Gasteiger partial charge in [-0.1, -0.05) is 12.8 Å². The third-order valence-corrected chi connectivity index (χ3v) is 2.96. The van der Waals surface area contributed by atoms with Crippen molar-refractivity contribution in [1.82, 2.24) is 10.3 Å². The summed E-state index contributed by atoms with van der Waals surface area (Å²) in [5, 5.41) is 14.2. The van der Waals surface area contributed by atoms with E-state index in [1.165, 1.54) is 18.3 Å². The van der Waals surface area contributed by atoms with Crippen molar-refractivity contribution in [2.24, 2.45) is 0 Å². The van der Waals surface area contributed by atoms with Crippen molar-refractivity contribution < 1.29 is 14.7 Å². The molecule has 3 N–H and O–H groups in total. The molecule has 18 heavy (non-hydrogen) atoms. The lowest BCUT2D eigenvalue weighted by Gasteiger charge is -2.13. The van der Waals surface area contributed by atoms with Gasteiger partial charge >= 0.3 is 12.0 Å². The minimum absolute atomic E-state index is 0.0147. The number of carboxylic acid groups (broad SMARTS) is 1. The van der Waals surface area contributed by atoms with Gasteiger partial charge < -0.3 is 10.4 Å². The SMILES string of the molecule is O=C(Nc1ncccc1C(=O)O)NC1CCCC1. The zero-order chi connectivity index (χ0) is 13.0. The molecule has 1 aliphatic carbocycles. The number of nitrogens with one attached hydrogen (secondary N) is 2. The average molecular weight is 249 g/mol. The normalized spacial score (nSPS) is 15.3. The van der Waals surface area contributed by atoms with Crippen LogP contribution in [-0.4, -0.2) is 28.1 Å². The highest BCUT2D eigenvalue weighted by atomic mass is 16.4. The van der Waals surface area contributed by atoms with Crippen LogP contribution in [-0.2, 0) is 0 Å². The fourth-order valence-electron chi connectivity index (χ4n) is 2.08. The Labute approximate surface area is 104 Å². The van der Waals surface area contributed by atoms with Crippen LogP contribution in [0.15, 0.2) is 18.3 Å². The molecule has 0 unspecified atom stereocenters. The van der Waals surface area contributed by atoms with Crippen LogP contribution in [0, 0.1) is 0 Å². The van der Waals surface area contributed by atoms with Gasteiger partial charge in [-0.15, -0.1) is 0 Å². The lowest BCUT2D eigenvalue weighted by molar-refractivity contribution is 0.0697. The van der Waals surface area contributed by atoms with Gasteiger partial charge in [0.1, 0.15) is 11.4 Å². The zero-order valence-electron chi connectivity index (χ0n) is 9.85. The first kappa shape index (κ1) is 12.3. The van der Waals surface area contributed by atoms with Gasteiger partial charge in [0.25, 0.3) is 0 Å². The number of carbonyl (C=O) groups is 2. The topological polar surface area (TPSA) is 91.3 Å². The predicted octanol–water partition coefficient (Wildman–Crippen LogP) is 1.84. The molecule has 1 heterocycles. The van der Waals surface area contributed by atoms with E-state index < -0.39 is 12.0 Å². The minimum atomic E-state index is -1.11. The van der Waals surface area contributed by atoms with E-state index in [9.17, 15) is 9.59 Å². The number of hydrogen-bond donors (Lipinski definition) is 3. The molecule has 0 spiro atoms. The summed E-state index contributed by atoms with van der Waals surface area (Å²) in [7, 11) is 0. The molecule has 0 aromatic carbocycles. The average Bonchev–Trinajstić information content (AvgIpc) is 2.82. The van der Waals surface area contributed by atoms with Crippen LogP contribution in [0.1, 0.15) is 36.0 Å². The van der Waals surface area contributed by atoms with Gasteiger partial charge in [-0.3, -0.25) is 5.32 Å². The first-order valence-corrected chi connectivity index (χ1v) is 5.92. The maximum absolute atomic E-state index is 11.7. The summed E-state index contributed by atoms with van der Waals surface area (Å²) in [4.78, 5) is 26.5. The van der Waals surface area contributed by atoms with Crippen molar-refractivity contribution in [3.63, 3.8) is 0 Å². The molecule has 2 amide bonds. The number of aromatic carboxylic acids is 1. The van der Waals surface area contributed by atoms with Crippen molar-refractivity contribution in [2.75, 3.05) is 5.32 Å². The van der Waals surface area contributed by atoms with Gasteiger partial charge in [-0.05, 0) is 25.0 Å². The van der Waals surface area contributed by atoms with Crippen LogP contribution in [0.2, 0.25) is 0 Å². The lowest BCUT2D eigenvalue weighted by atomic mass is 10.2. The molecule has 1 saturated carbocycles. The number of hydrogen-bond acceptors (Lipinski definition) is 3. The molecule has 1 aromatic rings. The molecular weight excluding hydrogens is 234 g/mol. The second-order valence-electron chi connectivity index (χ2n) is 4.28. The Bertz CT molecular complexity index is 456. The molecule has 2 rings (SSSR count). The Morgan fingerprint density at radius 2 is 2.06 bits per heavy atom. The molecule has 0 radical (unpaired) electrons. The zero-order valence-corrected chi connectivity index (χ0v) is 9.85. The van der Waals surface area contributed by atoms with Crippen LogP contribution in [0.4, 0.5) is 10.6 Å². The molecule has 0 bridgehead atoms. The highest BCUT2D eigenvalue weighted by molar-refractivity contribution is 5.98. The number of nitrogens with zero attached hydrogens (tertiary/aromatic N) is 1. The number of urea groups is 1. The third kappa shape index (κ3) is 2.97. The number of rotatable bonds is 3. The number of anilines is 1. The minimum Gasteiger partial charge on any atom is -0.478 e. The molecule has 1 aromatic heterocycles. The Morgan fingerprint density at radius 3 is 2.72 bits per heavy atom. The van der Waals surface area contributed by atoms with Crippen LogP contribution >= 0.6 is 0 Å². The molecule has 6 nitrogen and oxygen atoms in total. The Morgan fingerprint density at radius 1 is 1.33 bits per heavy atom. The summed E-state index contributed by atoms with van der Waals surface area (Å²) in [5.74, 6) is -1.04. The maximum atomic E-state index is 11.7. The van der Waals surface area contributed by atoms with E-state index in [0.717, 1.165) is 25.7 Å². The van der Waals surface area contributed by atoms with Crippen LogP contribution in [0.25, 0.3) is 0 Å². The molecule has 1 fully saturated rings. The summed E-state index contributed by atoms with van der Waals surface area (Å²) >= 11 is 0. The van der Waals surface area contributed by atoms with Crippen LogP contribution in [0.3, 0.4) is 0 Å². The standard InChI is InChI=1S/C12H15N3O3/c16-11(17)9-6-3-7-13-10(9)15-12(18)14-8-4-1-2-5-8/h3,6-8H,1-2,4-5H2,(H,16,17)(H2,13,14,15,18). The van der Waals surface area contributed by atoms with Crippen molar-refractivity contribution in [2.45, 2.75) is 31.7 Å². The summed E-state index contributed by atoms with van der Waals surface area (Å²) in [6.07, 6.45) is 5.63. The Balaban J connectivity index is 2.00. The van der Waals surface area contributed by atoms with Gasteiger partial charge in [0.05, 0.1) is 0 Å². The molecule has 0 atom stereocenters. The second kappa shape index (κ2) is 5.48. The van der Waals surface area contributed by atoms with Crippen LogP contribution < -0.4 is 10.6 Å². The van der Waals surface area contributed by atoms with Crippen LogP contribution in [0.5, 0.6) is 0 Å². The van der Waals surface area contributed by atoms with Gasteiger partial charge in [0.15, 0.2) is 0 Å². The Kier molecular flexibility index (Phi) is 3.76. The summed E-state index contributed by atoms with van der Waals surface area (Å²) in [6.45, 7) is 0. The van der Waals surface area contributed by atoms with Crippen molar-refractivity contribution >= 4 is 17.8 Å². The van der Waals surface area contributed by atoms with E-state index in [1.807, 2.05) is 0 Å². The van der Waals surface area contributed by atoms with E-state index in [-0.39, 0.29) is 17.4 Å². The number of aromatic nitrogens is 1. The fraction of sp³-hybridized carbons (Fsp3) is 0.417. The number of pyridine rings is 1. The predicted molar refractivity (Wildman–Crippen MR) is 65.6 cm³/mol. The lowest BCUT2D eigenvalue weighted by Crippen LogP contribution is -2.36. The highest BCUT2D eigenvalue weighted by Gasteiger charge is 2.18. The molecular formula is C12H15N3O3. The summed E-state index contributed by atoms with van der Waals surface area (Å²) in [6, 6.07) is 2.70. The van der Waals surface area contributed by atoms with E-state index >= 15 is 0 Å². The molecule has 1 aliphatic rings. The van der Waals surface area contributed by atoms with Crippen molar-refractivity contribution in [1.29, 1.82) is 0 Å².